The zero-order valence-electron chi connectivity index (χ0n) is 9.50. The number of hydrogen-bond donors (Lipinski definition) is 2. The maximum Gasteiger partial charge on any atom is 0.310 e. The Hall–Kier alpha value is -1.69. The van der Waals surface area contributed by atoms with Gasteiger partial charge >= 0.3 is 5.69 Å². The average molecular weight is 236 g/mol. The molecule has 1 fully saturated rings. The van der Waals surface area contributed by atoms with Crippen molar-refractivity contribution in [3.8, 4) is 0 Å². The Morgan fingerprint density at radius 1 is 1.47 bits per heavy atom. The molecule has 92 valence electrons. The van der Waals surface area contributed by atoms with E-state index in [0.717, 1.165) is 25.7 Å². The van der Waals surface area contributed by atoms with Crippen LogP contribution >= 0.6 is 0 Å². The second-order valence-corrected chi connectivity index (χ2v) is 4.35. The number of anilines is 1. The van der Waals surface area contributed by atoms with Crippen LogP contribution in [0.2, 0.25) is 0 Å². The lowest BCUT2D eigenvalue weighted by molar-refractivity contribution is -0.384. The summed E-state index contributed by atoms with van der Waals surface area (Å²) in [4.78, 5) is 14.2. The maximum atomic E-state index is 10.8. The van der Waals surface area contributed by atoms with Crippen molar-refractivity contribution in [1.29, 1.82) is 0 Å². The van der Waals surface area contributed by atoms with Gasteiger partial charge in [0.1, 0.15) is 11.9 Å². The third kappa shape index (κ3) is 2.71. The first-order chi connectivity index (χ1) is 8.18. The van der Waals surface area contributed by atoms with Crippen LogP contribution in [0.4, 0.5) is 11.4 Å². The molecule has 6 heteroatoms. The van der Waals surface area contributed by atoms with Gasteiger partial charge in [-0.3, -0.25) is 15.1 Å². The van der Waals surface area contributed by atoms with Gasteiger partial charge in [0.05, 0.1) is 4.92 Å². The number of aromatic nitrogens is 1. The van der Waals surface area contributed by atoms with E-state index < -0.39 is 4.92 Å². The largest absolute Gasteiger partial charge is 0.375 e. The van der Waals surface area contributed by atoms with Crippen molar-refractivity contribution >= 4 is 11.4 Å². The Morgan fingerprint density at radius 2 is 2.24 bits per heavy atom. The fraction of sp³-hybridized carbons (Fsp3) is 0.545. The number of hydrogen-bond acceptors (Lipinski definition) is 5. The molecular formula is C11H16N4O2. The summed E-state index contributed by atoms with van der Waals surface area (Å²) in [5.74, 6) is 0. The predicted octanol–water partition coefficient (Wildman–Crippen LogP) is 1.67. The molecule has 1 saturated carbocycles. The summed E-state index contributed by atoms with van der Waals surface area (Å²) in [6.07, 6.45) is 6.99. The number of nitrogens with zero attached hydrogens (tertiary/aromatic N) is 2. The standard InChI is InChI=1S/C11H16N4O2/c12-8-3-1-2-4-9(8)14-10-5-6-13-7-11(10)15(16)17/h5-9H,1-4,12H2,(H,13,14). The molecule has 0 bridgehead atoms. The lowest BCUT2D eigenvalue weighted by Crippen LogP contribution is -2.42. The Morgan fingerprint density at radius 3 is 2.94 bits per heavy atom. The van der Waals surface area contributed by atoms with Gasteiger partial charge < -0.3 is 11.1 Å². The van der Waals surface area contributed by atoms with Gasteiger partial charge in [-0.05, 0) is 18.9 Å². The topological polar surface area (TPSA) is 94.1 Å². The first kappa shape index (κ1) is 11.8. The highest BCUT2D eigenvalue weighted by Crippen LogP contribution is 2.26. The SMILES string of the molecule is NC1CCCCC1Nc1ccncc1[N+](=O)[O-]. The van der Waals surface area contributed by atoms with E-state index in [1.165, 1.54) is 6.20 Å². The number of nitrogens with two attached hydrogens (primary N) is 1. The molecule has 1 aromatic heterocycles. The van der Waals surface area contributed by atoms with Gasteiger partial charge in [-0.15, -0.1) is 0 Å². The smallest absolute Gasteiger partial charge is 0.310 e. The van der Waals surface area contributed by atoms with Crippen LogP contribution in [0.1, 0.15) is 25.7 Å². The maximum absolute atomic E-state index is 10.8. The van der Waals surface area contributed by atoms with Crippen LogP contribution in [-0.2, 0) is 0 Å². The van der Waals surface area contributed by atoms with E-state index in [1.807, 2.05) is 0 Å². The summed E-state index contributed by atoms with van der Waals surface area (Å²) in [7, 11) is 0. The molecule has 1 heterocycles. The quantitative estimate of drug-likeness (QED) is 0.615. The van der Waals surface area contributed by atoms with Crippen LogP contribution in [0.15, 0.2) is 18.5 Å². The lowest BCUT2D eigenvalue weighted by atomic mass is 9.91. The van der Waals surface area contributed by atoms with E-state index >= 15 is 0 Å². The monoisotopic (exact) mass is 236 g/mol. The molecule has 6 nitrogen and oxygen atoms in total. The van der Waals surface area contributed by atoms with Gasteiger partial charge in [-0.25, -0.2) is 0 Å². The predicted molar refractivity (Wildman–Crippen MR) is 64.7 cm³/mol. The average Bonchev–Trinajstić information content (AvgIpc) is 2.32. The highest BCUT2D eigenvalue weighted by Gasteiger charge is 2.24. The van der Waals surface area contributed by atoms with Crippen LogP contribution < -0.4 is 11.1 Å². The van der Waals surface area contributed by atoms with Crippen molar-refractivity contribution in [2.75, 3.05) is 5.32 Å². The summed E-state index contributed by atoms with van der Waals surface area (Å²) >= 11 is 0. The second-order valence-electron chi connectivity index (χ2n) is 4.35. The summed E-state index contributed by atoms with van der Waals surface area (Å²) in [5.41, 5.74) is 6.52. The van der Waals surface area contributed by atoms with Crippen molar-refractivity contribution in [3.63, 3.8) is 0 Å². The van der Waals surface area contributed by atoms with Crippen LogP contribution in [0.5, 0.6) is 0 Å². The molecule has 0 saturated heterocycles. The molecule has 2 rings (SSSR count). The third-order valence-electron chi connectivity index (χ3n) is 3.16. The van der Waals surface area contributed by atoms with E-state index in [2.05, 4.69) is 10.3 Å². The highest BCUT2D eigenvalue weighted by atomic mass is 16.6. The molecule has 1 aliphatic carbocycles. The van der Waals surface area contributed by atoms with Crippen LogP contribution in [0, 0.1) is 10.1 Å². The molecule has 1 aliphatic rings. The minimum absolute atomic E-state index is 0.00488. The van der Waals surface area contributed by atoms with E-state index in [1.54, 1.807) is 12.3 Å². The van der Waals surface area contributed by atoms with Crippen molar-refractivity contribution in [2.45, 2.75) is 37.8 Å². The van der Waals surface area contributed by atoms with Crippen molar-refractivity contribution < 1.29 is 4.92 Å². The minimum Gasteiger partial charge on any atom is -0.375 e. The number of nitro groups is 1. The number of pyridine rings is 1. The molecule has 0 amide bonds. The number of nitrogens with one attached hydrogen (secondary N) is 1. The second kappa shape index (κ2) is 5.09. The first-order valence-corrected chi connectivity index (χ1v) is 5.79. The Kier molecular flexibility index (Phi) is 3.53. The summed E-state index contributed by atoms with van der Waals surface area (Å²) in [6.45, 7) is 0. The molecule has 0 radical (unpaired) electrons. The van der Waals surface area contributed by atoms with Gasteiger partial charge in [0.2, 0.25) is 0 Å². The van der Waals surface area contributed by atoms with E-state index in [9.17, 15) is 10.1 Å². The summed E-state index contributed by atoms with van der Waals surface area (Å²) < 4.78 is 0. The van der Waals surface area contributed by atoms with E-state index in [-0.39, 0.29) is 17.8 Å². The van der Waals surface area contributed by atoms with Crippen LogP contribution in [-0.4, -0.2) is 22.0 Å². The van der Waals surface area contributed by atoms with Gasteiger partial charge in [-0.1, -0.05) is 12.8 Å². The Bertz CT molecular complexity index is 410. The Labute approximate surface area is 99.4 Å². The minimum atomic E-state index is -0.427. The van der Waals surface area contributed by atoms with Crippen LogP contribution in [0.3, 0.4) is 0 Å². The van der Waals surface area contributed by atoms with E-state index in [0.29, 0.717) is 5.69 Å². The summed E-state index contributed by atoms with van der Waals surface area (Å²) in [6, 6.07) is 1.81. The Balaban J connectivity index is 2.14. The fourth-order valence-electron chi connectivity index (χ4n) is 2.19. The fourth-order valence-corrected chi connectivity index (χ4v) is 2.19. The van der Waals surface area contributed by atoms with Crippen molar-refractivity contribution in [1.82, 2.24) is 4.98 Å². The molecule has 1 aromatic rings. The van der Waals surface area contributed by atoms with Gasteiger partial charge in [-0.2, -0.15) is 0 Å². The zero-order chi connectivity index (χ0) is 12.3. The molecule has 3 N–H and O–H groups in total. The van der Waals surface area contributed by atoms with Crippen molar-refractivity contribution in [2.24, 2.45) is 5.73 Å². The zero-order valence-corrected chi connectivity index (χ0v) is 9.50. The van der Waals surface area contributed by atoms with Gasteiger partial charge in [0.25, 0.3) is 0 Å². The molecule has 0 aliphatic heterocycles. The molecule has 0 spiro atoms. The lowest BCUT2D eigenvalue weighted by Gasteiger charge is -2.29. The third-order valence-corrected chi connectivity index (χ3v) is 3.16. The van der Waals surface area contributed by atoms with Gasteiger partial charge in [0, 0.05) is 18.3 Å². The molecule has 2 atom stereocenters. The van der Waals surface area contributed by atoms with Crippen LogP contribution in [0.25, 0.3) is 0 Å². The van der Waals surface area contributed by atoms with E-state index in [4.69, 9.17) is 5.73 Å². The number of rotatable bonds is 3. The molecule has 0 aromatic carbocycles. The normalized spacial score (nSPS) is 24.3. The molecule has 2 unspecified atom stereocenters. The van der Waals surface area contributed by atoms with Crippen molar-refractivity contribution in [3.05, 3.63) is 28.6 Å². The molecule has 17 heavy (non-hydrogen) atoms. The highest BCUT2D eigenvalue weighted by molar-refractivity contribution is 5.60. The molecular weight excluding hydrogens is 220 g/mol. The summed E-state index contributed by atoms with van der Waals surface area (Å²) in [5, 5.41) is 14.0. The first-order valence-electron chi connectivity index (χ1n) is 5.79. The van der Waals surface area contributed by atoms with Gasteiger partial charge in [0.15, 0.2) is 0 Å².